The molecule has 0 radical (unpaired) electrons. The number of ether oxygens (including phenoxy) is 3. The maximum atomic E-state index is 11.6. The van der Waals surface area contributed by atoms with E-state index in [1.807, 2.05) is 0 Å². The number of rotatable bonds is 7. The van der Waals surface area contributed by atoms with E-state index in [0.29, 0.717) is 6.42 Å². The second-order valence-corrected chi connectivity index (χ2v) is 4.88. The van der Waals surface area contributed by atoms with Crippen LogP contribution in [0.15, 0.2) is 0 Å². The van der Waals surface area contributed by atoms with Crippen LogP contribution in [0.3, 0.4) is 0 Å². The fraction of sp³-hybridized carbons (Fsp3) is 0.833. The molecule has 2 aliphatic rings. The largest absolute Gasteiger partial charge is 0.457 e. The molecule has 0 spiro atoms. The van der Waals surface area contributed by atoms with Gasteiger partial charge in [-0.05, 0) is 0 Å². The van der Waals surface area contributed by atoms with E-state index < -0.39 is 35.5 Å². The van der Waals surface area contributed by atoms with Gasteiger partial charge in [-0.1, -0.05) is 6.92 Å². The highest BCUT2D eigenvalue weighted by Crippen LogP contribution is 2.30. The smallest absolute Gasteiger partial charge is 0.306 e. The van der Waals surface area contributed by atoms with E-state index in [2.05, 4.69) is 4.84 Å². The van der Waals surface area contributed by atoms with E-state index in [1.54, 1.807) is 6.92 Å². The monoisotopic (exact) mass is 303 g/mol. The molecular weight excluding hydrogens is 286 g/mol. The van der Waals surface area contributed by atoms with Gasteiger partial charge in [0.1, 0.15) is 18.0 Å². The van der Waals surface area contributed by atoms with Crippen LogP contribution in [-0.2, 0) is 28.6 Å². The molecule has 0 bridgehead atoms. The summed E-state index contributed by atoms with van der Waals surface area (Å²) in [7, 11) is 0. The lowest BCUT2D eigenvalue weighted by atomic mass is 10.1. The van der Waals surface area contributed by atoms with Gasteiger partial charge in [-0.3, -0.25) is 9.59 Å². The van der Waals surface area contributed by atoms with Gasteiger partial charge in [-0.25, -0.2) is 0 Å². The van der Waals surface area contributed by atoms with Crippen molar-refractivity contribution in [3.63, 3.8) is 0 Å². The molecule has 0 aromatic heterocycles. The van der Waals surface area contributed by atoms with Gasteiger partial charge in [0, 0.05) is 12.8 Å². The van der Waals surface area contributed by atoms with Crippen molar-refractivity contribution in [2.24, 2.45) is 0 Å². The third-order valence-corrected chi connectivity index (χ3v) is 3.47. The van der Waals surface area contributed by atoms with Crippen LogP contribution in [0.2, 0.25) is 0 Å². The summed E-state index contributed by atoms with van der Waals surface area (Å²) in [5, 5.41) is 9.44. The molecule has 0 aromatic carbocycles. The van der Waals surface area contributed by atoms with Crippen LogP contribution < -0.4 is 0 Å². The average Bonchev–Trinajstić information content (AvgIpc) is 3.00. The Morgan fingerprint density at radius 1 is 1.19 bits per heavy atom. The van der Waals surface area contributed by atoms with Gasteiger partial charge in [0.2, 0.25) is 0 Å². The molecule has 2 heterocycles. The molecule has 0 aliphatic carbocycles. The Hall–Kier alpha value is -1.74. The minimum atomic E-state index is -0.893. The van der Waals surface area contributed by atoms with E-state index in [-0.39, 0.29) is 31.8 Å². The van der Waals surface area contributed by atoms with E-state index in [0.717, 1.165) is 0 Å². The third-order valence-electron chi connectivity index (χ3n) is 3.47. The molecule has 9 nitrogen and oxygen atoms in total. The standard InChI is InChI=1S/C12H17NO8/c1-2-7(14)3-4-10(15)20-8-5-18-12-9(21-13(16)17)6-19-11(8)12/h8-9,11-12H,2-6H2,1H3/t8-,9+,11+,12+/m0/s1. The van der Waals surface area contributed by atoms with Crippen LogP contribution in [0.1, 0.15) is 26.2 Å². The highest BCUT2D eigenvalue weighted by Gasteiger charge is 2.51. The molecular formula is C12H17NO8. The molecule has 21 heavy (non-hydrogen) atoms. The molecule has 0 unspecified atom stereocenters. The van der Waals surface area contributed by atoms with Crippen LogP contribution in [0, 0.1) is 10.1 Å². The molecule has 0 amide bonds. The molecule has 2 fully saturated rings. The Morgan fingerprint density at radius 3 is 2.43 bits per heavy atom. The van der Waals surface area contributed by atoms with Gasteiger partial charge in [0.05, 0.1) is 19.6 Å². The number of ketones is 1. The lowest BCUT2D eigenvalue weighted by Crippen LogP contribution is -2.35. The van der Waals surface area contributed by atoms with Crippen LogP contribution in [0.25, 0.3) is 0 Å². The van der Waals surface area contributed by atoms with Crippen molar-refractivity contribution in [1.82, 2.24) is 0 Å². The summed E-state index contributed by atoms with van der Waals surface area (Å²) in [6.07, 6.45) is -2.09. The minimum Gasteiger partial charge on any atom is -0.457 e. The fourth-order valence-electron chi connectivity index (χ4n) is 2.38. The molecule has 2 rings (SSSR count). The number of nitrogens with zero attached hydrogens (tertiary/aromatic N) is 1. The zero-order valence-electron chi connectivity index (χ0n) is 11.6. The Kier molecular flexibility index (Phi) is 5.07. The van der Waals surface area contributed by atoms with Crippen molar-refractivity contribution < 1.29 is 33.7 Å². The first kappa shape index (κ1) is 15.6. The highest BCUT2D eigenvalue weighted by molar-refractivity contribution is 5.82. The number of hydrogen-bond donors (Lipinski definition) is 0. The summed E-state index contributed by atoms with van der Waals surface area (Å²) in [5.41, 5.74) is 0. The van der Waals surface area contributed by atoms with Crippen LogP contribution in [0.5, 0.6) is 0 Å². The number of carbonyl (C=O) groups is 2. The molecule has 4 atom stereocenters. The van der Waals surface area contributed by atoms with E-state index in [1.165, 1.54) is 0 Å². The summed E-state index contributed by atoms with van der Waals surface area (Å²) in [6, 6.07) is 0. The predicted octanol–water partition coefficient (Wildman–Crippen LogP) is 0.0320. The quantitative estimate of drug-likeness (QED) is 0.367. The zero-order chi connectivity index (χ0) is 15.4. The summed E-state index contributed by atoms with van der Waals surface area (Å²) in [5.74, 6) is -0.516. The molecule has 0 saturated carbocycles. The third kappa shape index (κ3) is 3.88. The van der Waals surface area contributed by atoms with Crippen LogP contribution >= 0.6 is 0 Å². The van der Waals surface area contributed by atoms with Crippen molar-refractivity contribution in [3.8, 4) is 0 Å². The van der Waals surface area contributed by atoms with Gasteiger partial charge >= 0.3 is 5.97 Å². The maximum Gasteiger partial charge on any atom is 0.306 e. The van der Waals surface area contributed by atoms with E-state index in [9.17, 15) is 19.7 Å². The normalized spacial score (nSPS) is 30.7. The fourth-order valence-corrected chi connectivity index (χ4v) is 2.38. The SMILES string of the molecule is CCC(=O)CCC(=O)O[C@H]1CO[C@H]2[C@@H]1OC[C@H]2O[N+](=O)[O-]. The molecule has 2 saturated heterocycles. The van der Waals surface area contributed by atoms with Crippen molar-refractivity contribution in [1.29, 1.82) is 0 Å². The van der Waals surface area contributed by atoms with Crippen molar-refractivity contribution in [2.45, 2.75) is 50.6 Å². The van der Waals surface area contributed by atoms with Gasteiger partial charge in [0.25, 0.3) is 5.09 Å². The Bertz CT molecular complexity index is 425. The maximum absolute atomic E-state index is 11.6. The minimum absolute atomic E-state index is 0.00931. The topological polar surface area (TPSA) is 114 Å². The second kappa shape index (κ2) is 6.81. The summed E-state index contributed by atoms with van der Waals surface area (Å²) in [6.45, 7) is 1.84. The number of hydrogen-bond acceptors (Lipinski definition) is 8. The van der Waals surface area contributed by atoms with E-state index in [4.69, 9.17) is 14.2 Å². The highest BCUT2D eigenvalue weighted by atomic mass is 17.0. The first-order valence-corrected chi connectivity index (χ1v) is 6.76. The lowest BCUT2D eigenvalue weighted by molar-refractivity contribution is -0.769. The first-order chi connectivity index (χ1) is 10.0. The molecule has 118 valence electrons. The summed E-state index contributed by atoms with van der Waals surface area (Å²) < 4.78 is 15.9. The van der Waals surface area contributed by atoms with Crippen molar-refractivity contribution in [2.75, 3.05) is 13.2 Å². The second-order valence-electron chi connectivity index (χ2n) is 4.88. The zero-order valence-corrected chi connectivity index (χ0v) is 11.6. The van der Waals surface area contributed by atoms with Crippen molar-refractivity contribution in [3.05, 3.63) is 10.1 Å². The molecule has 9 heteroatoms. The van der Waals surface area contributed by atoms with Crippen LogP contribution in [-0.4, -0.2) is 54.5 Å². The Balaban J connectivity index is 1.80. The Morgan fingerprint density at radius 2 is 1.81 bits per heavy atom. The number of fused-ring (bicyclic) bond motifs is 1. The lowest BCUT2D eigenvalue weighted by Gasteiger charge is -2.16. The van der Waals surface area contributed by atoms with E-state index >= 15 is 0 Å². The molecule has 2 aliphatic heterocycles. The summed E-state index contributed by atoms with van der Waals surface area (Å²) >= 11 is 0. The van der Waals surface area contributed by atoms with Gasteiger partial charge < -0.3 is 19.0 Å². The van der Waals surface area contributed by atoms with Gasteiger partial charge in [0.15, 0.2) is 12.2 Å². The van der Waals surface area contributed by atoms with Crippen LogP contribution in [0.4, 0.5) is 0 Å². The Labute approximate surface area is 120 Å². The van der Waals surface area contributed by atoms with Gasteiger partial charge in [-0.15, -0.1) is 10.1 Å². The number of carbonyl (C=O) groups excluding carboxylic acids is 2. The molecule has 0 N–H and O–H groups in total. The number of Topliss-reactive ketones (excluding diaryl/α,β-unsaturated/α-hetero) is 1. The van der Waals surface area contributed by atoms with Crippen molar-refractivity contribution >= 4 is 11.8 Å². The average molecular weight is 303 g/mol. The first-order valence-electron chi connectivity index (χ1n) is 6.76. The number of esters is 1. The summed E-state index contributed by atoms with van der Waals surface area (Å²) in [4.78, 5) is 37.6. The predicted molar refractivity (Wildman–Crippen MR) is 65.8 cm³/mol. The molecule has 0 aromatic rings. The van der Waals surface area contributed by atoms with Gasteiger partial charge in [-0.2, -0.15) is 0 Å².